The lowest BCUT2D eigenvalue weighted by atomic mass is 10.1. The van der Waals surface area contributed by atoms with Crippen molar-refractivity contribution < 1.29 is 31.9 Å². The van der Waals surface area contributed by atoms with Gasteiger partial charge in [-0.25, -0.2) is 9.98 Å². The summed E-state index contributed by atoms with van der Waals surface area (Å²) in [6.07, 6.45) is -0.876. The van der Waals surface area contributed by atoms with Gasteiger partial charge in [0.2, 0.25) is 0 Å². The number of halogens is 3. The molecule has 1 aromatic heterocycles. The summed E-state index contributed by atoms with van der Waals surface area (Å²) in [5, 5.41) is 3.79. The Balaban J connectivity index is 1.78. The van der Waals surface area contributed by atoms with Crippen molar-refractivity contribution >= 4 is 70.9 Å². The Morgan fingerprint density at radius 2 is 1.76 bits per heavy atom. The Labute approximate surface area is 330 Å². The van der Waals surface area contributed by atoms with Gasteiger partial charge in [0.25, 0.3) is 8.32 Å². The van der Waals surface area contributed by atoms with Crippen LogP contribution in [0.2, 0.25) is 5.04 Å². The Morgan fingerprint density at radius 1 is 1.15 bits per heavy atom. The molecule has 1 N–H and O–H groups in total. The van der Waals surface area contributed by atoms with Gasteiger partial charge in [-0.3, -0.25) is 9.79 Å². The minimum Gasteiger partial charge on any atom is -0.405 e. The average Bonchev–Trinajstić information content (AvgIpc) is 3.71. The molecule has 4 rings (SSSR count). The third-order valence-electron chi connectivity index (χ3n) is 8.79. The van der Waals surface area contributed by atoms with Crippen molar-refractivity contribution in [3.05, 3.63) is 78.0 Å². The zero-order chi connectivity index (χ0) is 40.4. The van der Waals surface area contributed by atoms with E-state index in [-0.39, 0.29) is 29.0 Å². The molecule has 0 radical (unpaired) electrons. The molecule has 1 aliphatic heterocycles. The summed E-state index contributed by atoms with van der Waals surface area (Å²) in [6, 6.07) is 20.7. The van der Waals surface area contributed by atoms with Crippen LogP contribution in [0.1, 0.15) is 51.5 Å². The largest absolute Gasteiger partial charge is 0.471 e. The standard InChI is InChI=1S/C39H49F3N6O4S2Si/c1-27(54-53-9)51-31-23-33(52-32(31)25-50-55(38(2,3)4,29-18-12-10-13-19-29)30-20-14-11-15-21-30)48-24-28(17-16-22-45-37(49)39(40,41)42)34(36(48)44-6)35(43-5)46-26-47(7)8/h10-15,18-21,24,26-27,31-33H,6,22-23,25H2,1-5,7-9H3,(H,45,49)/t27-,31?,32+,33+/m0/s1. The second-order valence-electron chi connectivity index (χ2n) is 13.9. The van der Waals surface area contributed by atoms with Gasteiger partial charge in [-0.05, 0) is 35.3 Å². The van der Waals surface area contributed by atoms with E-state index >= 15 is 0 Å². The summed E-state index contributed by atoms with van der Waals surface area (Å²) < 4.78 is 61.0. The van der Waals surface area contributed by atoms with Crippen LogP contribution in [-0.4, -0.2) is 107 Å². The number of amidine groups is 1. The molecule has 0 aliphatic carbocycles. The number of nitrogens with one attached hydrogen (secondary N) is 1. The fraction of sp³-hybridized carbons (Fsp3) is 0.436. The van der Waals surface area contributed by atoms with E-state index in [1.165, 1.54) is 0 Å². The Morgan fingerprint density at radius 3 is 2.27 bits per heavy atom. The smallest absolute Gasteiger partial charge is 0.405 e. The number of amides is 1. The van der Waals surface area contributed by atoms with Crippen molar-refractivity contribution in [1.29, 1.82) is 0 Å². The number of aliphatic imine (C=N–C) groups is 3. The molecule has 1 amide bonds. The number of aromatic nitrogens is 1. The average molecular weight is 815 g/mol. The summed E-state index contributed by atoms with van der Waals surface area (Å²) in [5.41, 5.74) is 0.603. The van der Waals surface area contributed by atoms with Gasteiger partial charge in [-0.2, -0.15) is 13.2 Å². The van der Waals surface area contributed by atoms with E-state index in [2.05, 4.69) is 78.6 Å². The van der Waals surface area contributed by atoms with E-state index in [9.17, 15) is 18.0 Å². The number of ether oxygens (including phenoxy) is 2. The topological polar surface area (TPSA) is 102 Å². The highest BCUT2D eigenvalue weighted by atomic mass is 33.1. The molecule has 10 nitrogen and oxygen atoms in total. The van der Waals surface area contributed by atoms with E-state index in [1.54, 1.807) is 70.0 Å². The van der Waals surface area contributed by atoms with Gasteiger partial charge < -0.3 is 28.7 Å². The first-order chi connectivity index (χ1) is 26.1. The zero-order valence-electron chi connectivity index (χ0n) is 32.4. The summed E-state index contributed by atoms with van der Waals surface area (Å²) in [5.74, 6) is 4.05. The number of alkyl halides is 3. The van der Waals surface area contributed by atoms with Crippen molar-refractivity contribution in [2.75, 3.05) is 40.6 Å². The minimum atomic E-state index is -5.03. The third-order valence-corrected chi connectivity index (χ3v) is 15.8. The van der Waals surface area contributed by atoms with Crippen molar-refractivity contribution in [2.45, 2.75) is 69.2 Å². The lowest BCUT2D eigenvalue weighted by Crippen LogP contribution is -2.67. The minimum absolute atomic E-state index is 0.164. The molecule has 55 heavy (non-hydrogen) atoms. The van der Waals surface area contributed by atoms with Gasteiger partial charge in [-0.15, -0.1) is 0 Å². The fourth-order valence-corrected chi connectivity index (χ4v) is 12.5. The van der Waals surface area contributed by atoms with Crippen LogP contribution >= 0.6 is 21.6 Å². The van der Waals surface area contributed by atoms with Crippen LogP contribution in [0.25, 0.3) is 0 Å². The molecule has 2 aromatic carbocycles. The highest BCUT2D eigenvalue weighted by molar-refractivity contribution is 8.76. The first-order valence-corrected chi connectivity index (χ1v) is 22.1. The maximum atomic E-state index is 12.8. The number of carbonyl (C=O) groups excluding carboxylic acids is 1. The Bertz CT molecular complexity index is 1840. The van der Waals surface area contributed by atoms with Crippen molar-refractivity contribution in [2.24, 2.45) is 15.0 Å². The molecule has 0 bridgehead atoms. The van der Waals surface area contributed by atoms with Gasteiger partial charge in [0.05, 0.1) is 36.7 Å². The van der Waals surface area contributed by atoms with E-state index < -0.39 is 39.3 Å². The van der Waals surface area contributed by atoms with E-state index in [1.807, 2.05) is 49.6 Å². The van der Waals surface area contributed by atoms with Crippen molar-refractivity contribution in [1.82, 2.24) is 14.8 Å². The molecular weight excluding hydrogens is 766 g/mol. The molecule has 0 saturated carbocycles. The van der Waals surface area contributed by atoms with Crippen LogP contribution in [0, 0.1) is 11.8 Å². The lowest BCUT2D eigenvalue weighted by Gasteiger charge is -2.43. The number of hydrogen-bond donors (Lipinski definition) is 1. The summed E-state index contributed by atoms with van der Waals surface area (Å²) in [7, 11) is 5.44. The van der Waals surface area contributed by atoms with Gasteiger partial charge in [0.1, 0.15) is 23.6 Å². The van der Waals surface area contributed by atoms with Gasteiger partial charge in [-0.1, -0.05) is 115 Å². The number of benzene rings is 2. The van der Waals surface area contributed by atoms with Crippen LogP contribution in [0.4, 0.5) is 19.0 Å². The predicted molar refractivity (Wildman–Crippen MR) is 222 cm³/mol. The molecule has 1 unspecified atom stereocenters. The highest BCUT2D eigenvalue weighted by Gasteiger charge is 2.51. The van der Waals surface area contributed by atoms with Gasteiger partial charge in [0.15, 0.2) is 5.84 Å². The molecule has 3 aromatic rings. The molecule has 0 spiro atoms. The Hall–Kier alpha value is -3.85. The number of nitrogens with zero attached hydrogens (tertiary/aromatic N) is 5. The maximum Gasteiger partial charge on any atom is 0.471 e. The van der Waals surface area contributed by atoms with Gasteiger partial charge in [0, 0.05) is 33.8 Å². The zero-order valence-corrected chi connectivity index (χ0v) is 35.0. The molecule has 1 fully saturated rings. The molecular formula is C39H49F3N6O4S2Si. The summed E-state index contributed by atoms with van der Waals surface area (Å²) in [6.45, 7) is 12.2. The Kier molecular flexibility index (Phi) is 15.4. The van der Waals surface area contributed by atoms with Crippen LogP contribution in [-0.2, 0) is 18.7 Å². The summed E-state index contributed by atoms with van der Waals surface area (Å²) >= 11 is 0. The third kappa shape index (κ3) is 10.7. The number of hydrogen-bond acceptors (Lipinski definition) is 8. The maximum absolute atomic E-state index is 12.8. The quantitative estimate of drug-likeness (QED) is 0.0501. The van der Waals surface area contributed by atoms with Crippen molar-refractivity contribution in [3.63, 3.8) is 0 Å². The van der Waals surface area contributed by atoms with Crippen LogP contribution in [0.15, 0.2) is 81.8 Å². The number of carbonyl (C=O) groups is 1. The molecule has 1 aliphatic rings. The molecule has 16 heteroatoms. The normalized spacial score (nSPS) is 18.5. The second-order valence-corrected chi connectivity index (χ2v) is 21.0. The molecule has 296 valence electrons. The van der Waals surface area contributed by atoms with Crippen LogP contribution in [0.5, 0.6) is 0 Å². The predicted octanol–water partition coefficient (Wildman–Crippen LogP) is 6.42. The first kappa shape index (κ1) is 43.9. The van der Waals surface area contributed by atoms with Crippen molar-refractivity contribution in [3.8, 4) is 11.8 Å². The summed E-state index contributed by atoms with van der Waals surface area (Å²) in [4.78, 5) is 26.4. The SMILES string of the molecule is C=Nc1c(C(N=CN(C)C)=NC)c(C#CCNC(=O)C(F)(F)F)cn1[C@H]1CC(O[C@H](C)SSC)[C@@H](CO[Si](c2ccccc2)(c2ccccc2)C(C)(C)C)O1. The molecule has 2 heterocycles. The fourth-order valence-electron chi connectivity index (χ4n) is 6.52. The van der Waals surface area contributed by atoms with Crippen LogP contribution in [0.3, 0.4) is 0 Å². The van der Waals surface area contributed by atoms with Gasteiger partial charge >= 0.3 is 12.1 Å². The second kappa shape index (κ2) is 19.3. The first-order valence-electron chi connectivity index (χ1n) is 17.6. The van der Waals surface area contributed by atoms with E-state index in [4.69, 9.17) is 13.9 Å². The van der Waals surface area contributed by atoms with E-state index in [0.717, 1.165) is 10.4 Å². The number of rotatable bonds is 14. The molecule has 4 atom stereocenters. The monoisotopic (exact) mass is 814 g/mol. The van der Waals surface area contributed by atoms with Crippen LogP contribution < -0.4 is 15.7 Å². The lowest BCUT2D eigenvalue weighted by molar-refractivity contribution is -0.173. The highest BCUT2D eigenvalue weighted by Crippen LogP contribution is 2.41. The van der Waals surface area contributed by atoms with E-state index in [0.29, 0.717) is 23.4 Å². The molecule has 1 saturated heterocycles.